The Labute approximate surface area is 216 Å². The predicted octanol–water partition coefficient (Wildman–Crippen LogP) is 6.89. The summed E-state index contributed by atoms with van der Waals surface area (Å²) in [6.07, 6.45) is 0. The number of nitriles is 1. The van der Waals surface area contributed by atoms with Gasteiger partial charge in [0, 0.05) is 28.3 Å². The molecule has 1 amide bonds. The van der Waals surface area contributed by atoms with E-state index in [2.05, 4.69) is 11.4 Å². The number of halogens is 1. The Hall–Kier alpha value is -4.19. The van der Waals surface area contributed by atoms with Crippen molar-refractivity contribution >= 4 is 40.6 Å². The molecule has 3 aromatic carbocycles. The number of carbonyl (C=O) groups excluding carboxylic acids is 1. The molecule has 0 aliphatic carbocycles. The van der Waals surface area contributed by atoms with Crippen LogP contribution in [0.2, 0.25) is 5.02 Å². The summed E-state index contributed by atoms with van der Waals surface area (Å²) in [4.78, 5) is 28.0. The molecule has 7 nitrogen and oxygen atoms in total. The van der Waals surface area contributed by atoms with Crippen LogP contribution >= 0.6 is 23.4 Å². The number of thioether (sulfide) groups is 1. The number of rotatable bonds is 7. The second kappa shape index (κ2) is 11.0. The zero-order valence-corrected chi connectivity index (χ0v) is 20.6. The first-order valence-corrected chi connectivity index (χ1v) is 12.2. The van der Waals surface area contributed by atoms with Gasteiger partial charge in [-0.1, -0.05) is 71.9 Å². The number of nitro groups is 1. The fourth-order valence-corrected chi connectivity index (χ4v) is 4.46. The van der Waals surface area contributed by atoms with E-state index in [0.717, 1.165) is 22.9 Å². The van der Waals surface area contributed by atoms with Crippen LogP contribution in [-0.4, -0.2) is 21.6 Å². The number of pyridine rings is 1. The maximum Gasteiger partial charge on any atom is 0.271 e. The van der Waals surface area contributed by atoms with Crippen LogP contribution in [0.1, 0.15) is 11.1 Å². The van der Waals surface area contributed by atoms with Gasteiger partial charge >= 0.3 is 0 Å². The zero-order valence-electron chi connectivity index (χ0n) is 19.1. The van der Waals surface area contributed by atoms with Gasteiger partial charge in [-0.05, 0) is 36.2 Å². The van der Waals surface area contributed by atoms with Gasteiger partial charge in [0.25, 0.3) is 5.69 Å². The van der Waals surface area contributed by atoms with Crippen molar-refractivity contribution in [1.29, 1.82) is 5.26 Å². The number of hydrogen-bond donors (Lipinski definition) is 1. The molecule has 0 atom stereocenters. The number of nitro benzene ring substituents is 1. The molecule has 4 rings (SSSR count). The van der Waals surface area contributed by atoms with Crippen molar-refractivity contribution in [1.82, 2.24) is 4.98 Å². The fourth-order valence-electron chi connectivity index (χ4n) is 3.53. The summed E-state index contributed by atoms with van der Waals surface area (Å²) in [5, 5.41) is 24.8. The molecule has 0 bridgehead atoms. The molecule has 0 unspecified atom stereocenters. The number of benzene rings is 3. The molecule has 36 heavy (non-hydrogen) atoms. The standard InChI is InChI=1S/C27H19ClN4O3S/c1-17-7-12-21(32(34)35)13-24(17)30-26(33)16-36-27-23(15-29)22(18-8-10-20(28)11-9-18)14-25(31-27)19-5-3-2-4-6-19/h2-14H,16H2,1H3,(H,30,33). The molecule has 0 spiro atoms. The number of aromatic nitrogens is 1. The summed E-state index contributed by atoms with van der Waals surface area (Å²) < 4.78 is 0. The fraction of sp³-hybridized carbons (Fsp3) is 0.0741. The SMILES string of the molecule is Cc1ccc([N+](=O)[O-])cc1NC(=O)CSc1nc(-c2ccccc2)cc(-c2ccc(Cl)cc2)c1C#N. The molecule has 0 aliphatic rings. The lowest BCUT2D eigenvalue weighted by molar-refractivity contribution is -0.384. The van der Waals surface area contributed by atoms with Crippen LogP contribution in [0.5, 0.6) is 0 Å². The Bertz CT molecular complexity index is 1490. The van der Waals surface area contributed by atoms with E-state index in [4.69, 9.17) is 16.6 Å². The lowest BCUT2D eigenvalue weighted by Crippen LogP contribution is -2.15. The molecule has 0 aliphatic heterocycles. The van der Waals surface area contributed by atoms with Crippen molar-refractivity contribution in [2.45, 2.75) is 11.9 Å². The highest BCUT2D eigenvalue weighted by molar-refractivity contribution is 8.00. The highest BCUT2D eigenvalue weighted by Crippen LogP contribution is 2.35. The quantitative estimate of drug-likeness (QED) is 0.163. The van der Waals surface area contributed by atoms with Crippen LogP contribution < -0.4 is 5.32 Å². The molecule has 0 radical (unpaired) electrons. The average molecular weight is 515 g/mol. The van der Waals surface area contributed by atoms with Crippen LogP contribution in [0.4, 0.5) is 11.4 Å². The monoisotopic (exact) mass is 514 g/mol. The topological polar surface area (TPSA) is 109 Å². The normalized spacial score (nSPS) is 10.5. The smallest absolute Gasteiger partial charge is 0.271 e. The Morgan fingerprint density at radius 2 is 1.81 bits per heavy atom. The van der Waals surface area contributed by atoms with E-state index in [9.17, 15) is 20.2 Å². The molecule has 1 N–H and O–H groups in total. The molecular weight excluding hydrogens is 496 g/mol. The van der Waals surface area contributed by atoms with Gasteiger partial charge in [0.2, 0.25) is 5.91 Å². The summed E-state index contributed by atoms with van der Waals surface area (Å²) >= 11 is 7.19. The molecule has 0 saturated carbocycles. The number of amides is 1. The number of anilines is 1. The van der Waals surface area contributed by atoms with Gasteiger partial charge in [-0.25, -0.2) is 4.98 Å². The molecule has 9 heteroatoms. The number of hydrogen-bond acceptors (Lipinski definition) is 6. The Morgan fingerprint density at radius 3 is 2.47 bits per heavy atom. The van der Waals surface area contributed by atoms with Gasteiger partial charge in [-0.2, -0.15) is 5.26 Å². The first-order chi connectivity index (χ1) is 17.4. The van der Waals surface area contributed by atoms with E-state index in [1.54, 1.807) is 25.1 Å². The maximum atomic E-state index is 12.7. The van der Waals surface area contributed by atoms with Crippen LogP contribution in [0.25, 0.3) is 22.4 Å². The van der Waals surface area contributed by atoms with E-state index >= 15 is 0 Å². The second-order valence-electron chi connectivity index (χ2n) is 7.81. The number of carbonyl (C=O) groups is 1. The summed E-state index contributed by atoms with van der Waals surface area (Å²) in [6.45, 7) is 1.75. The highest BCUT2D eigenvalue weighted by atomic mass is 35.5. The van der Waals surface area contributed by atoms with Crippen molar-refractivity contribution in [2.24, 2.45) is 0 Å². The second-order valence-corrected chi connectivity index (χ2v) is 9.21. The number of nitrogens with one attached hydrogen (secondary N) is 1. The van der Waals surface area contributed by atoms with Gasteiger partial charge in [0.15, 0.2) is 0 Å². The zero-order chi connectivity index (χ0) is 25.7. The van der Waals surface area contributed by atoms with Crippen molar-refractivity contribution in [2.75, 3.05) is 11.1 Å². The largest absolute Gasteiger partial charge is 0.325 e. The summed E-state index contributed by atoms with van der Waals surface area (Å²) in [5.41, 5.74) is 4.32. The highest BCUT2D eigenvalue weighted by Gasteiger charge is 2.18. The van der Waals surface area contributed by atoms with Crippen molar-refractivity contribution < 1.29 is 9.72 Å². The Morgan fingerprint density at radius 1 is 1.08 bits per heavy atom. The Kier molecular flexibility index (Phi) is 7.64. The van der Waals surface area contributed by atoms with Crippen molar-refractivity contribution in [3.63, 3.8) is 0 Å². The molecule has 0 saturated heterocycles. The van der Waals surface area contributed by atoms with Crippen LogP contribution in [0, 0.1) is 28.4 Å². The lowest BCUT2D eigenvalue weighted by Gasteiger charge is -2.13. The molecule has 1 heterocycles. The van der Waals surface area contributed by atoms with Crippen molar-refractivity contribution in [3.8, 4) is 28.5 Å². The van der Waals surface area contributed by atoms with Crippen LogP contribution in [-0.2, 0) is 4.79 Å². The van der Waals surface area contributed by atoms with Crippen molar-refractivity contribution in [3.05, 3.63) is 105 Å². The van der Waals surface area contributed by atoms with E-state index < -0.39 is 4.92 Å². The summed E-state index contributed by atoms with van der Waals surface area (Å²) in [7, 11) is 0. The number of non-ortho nitro benzene ring substituents is 1. The molecule has 178 valence electrons. The minimum atomic E-state index is -0.514. The minimum Gasteiger partial charge on any atom is -0.325 e. The third-order valence-corrected chi connectivity index (χ3v) is 6.60. The molecule has 1 aromatic heterocycles. The van der Waals surface area contributed by atoms with E-state index in [1.807, 2.05) is 48.5 Å². The Balaban J connectivity index is 1.66. The molecule has 0 fully saturated rings. The maximum absolute atomic E-state index is 12.7. The number of aryl methyl sites for hydroxylation is 1. The van der Waals surface area contributed by atoms with Crippen LogP contribution in [0.15, 0.2) is 83.9 Å². The predicted molar refractivity (Wildman–Crippen MR) is 142 cm³/mol. The third-order valence-electron chi connectivity index (χ3n) is 5.37. The lowest BCUT2D eigenvalue weighted by atomic mass is 9.99. The first kappa shape index (κ1) is 24.9. The first-order valence-electron chi connectivity index (χ1n) is 10.8. The number of nitrogens with zero attached hydrogens (tertiary/aromatic N) is 3. The van der Waals surface area contributed by atoms with Gasteiger partial charge < -0.3 is 5.32 Å². The van der Waals surface area contributed by atoms with Crippen LogP contribution in [0.3, 0.4) is 0 Å². The molecular formula is C27H19ClN4O3S. The van der Waals surface area contributed by atoms with E-state index in [1.165, 1.54) is 12.1 Å². The van der Waals surface area contributed by atoms with Gasteiger partial charge in [-0.15, -0.1) is 0 Å². The van der Waals surface area contributed by atoms with E-state index in [0.29, 0.717) is 38.1 Å². The van der Waals surface area contributed by atoms with Gasteiger partial charge in [0.1, 0.15) is 11.1 Å². The summed E-state index contributed by atoms with van der Waals surface area (Å²) in [5.74, 6) is -0.408. The van der Waals surface area contributed by atoms with Gasteiger partial charge in [0.05, 0.1) is 27.6 Å². The average Bonchev–Trinajstić information content (AvgIpc) is 2.89. The third kappa shape index (κ3) is 5.71. The summed E-state index contributed by atoms with van der Waals surface area (Å²) in [6, 6.07) is 25.1. The minimum absolute atomic E-state index is 0.0396. The van der Waals surface area contributed by atoms with Gasteiger partial charge in [-0.3, -0.25) is 14.9 Å². The molecule has 4 aromatic rings. The van der Waals surface area contributed by atoms with E-state index in [-0.39, 0.29) is 17.3 Å².